The molecule has 0 spiro atoms. The van der Waals surface area contributed by atoms with Crippen LogP contribution in [0.1, 0.15) is 48.5 Å². The molecular weight excluding hydrogens is 288 g/mol. The van der Waals surface area contributed by atoms with E-state index in [-0.39, 0.29) is 12.0 Å². The van der Waals surface area contributed by atoms with E-state index in [4.69, 9.17) is 4.74 Å². The SMILES string of the molecule is CCCCc1ccc(C(=O)NC[C@@H]2CN3CCC[C@H]3CO2)cc1. The number of morpholine rings is 1. The summed E-state index contributed by atoms with van der Waals surface area (Å²) >= 11 is 0. The van der Waals surface area contributed by atoms with Gasteiger partial charge in [0.25, 0.3) is 5.91 Å². The second kappa shape index (κ2) is 7.93. The number of nitrogens with zero attached hydrogens (tertiary/aromatic N) is 1. The number of nitrogens with one attached hydrogen (secondary N) is 1. The highest BCUT2D eigenvalue weighted by atomic mass is 16.5. The van der Waals surface area contributed by atoms with Crippen LogP contribution in [0.5, 0.6) is 0 Å². The summed E-state index contributed by atoms with van der Waals surface area (Å²) in [5.74, 6) is -0.000753. The molecule has 2 aliphatic heterocycles. The summed E-state index contributed by atoms with van der Waals surface area (Å²) in [6, 6.07) is 8.60. The minimum absolute atomic E-state index is 0.000753. The molecule has 2 heterocycles. The minimum atomic E-state index is -0.000753. The third-order valence-electron chi connectivity index (χ3n) is 4.99. The van der Waals surface area contributed by atoms with Crippen molar-refractivity contribution in [3.8, 4) is 0 Å². The second-order valence-electron chi connectivity index (χ2n) is 6.76. The van der Waals surface area contributed by atoms with E-state index in [2.05, 4.69) is 29.3 Å². The molecule has 1 aromatic rings. The first kappa shape index (κ1) is 16.5. The number of carbonyl (C=O) groups excluding carboxylic acids is 1. The summed E-state index contributed by atoms with van der Waals surface area (Å²) in [5, 5.41) is 3.02. The predicted molar refractivity (Wildman–Crippen MR) is 91.7 cm³/mol. The van der Waals surface area contributed by atoms with Gasteiger partial charge in [-0.2, -0.15) is 0 Å². The lowest BCUT2D eigenvalue weighted by Gasteiger charge is -2.35. The maximum Gasteiger partial charge on any atom is 0.251 e. The number of carbonyl (C=O) groups is 1. The van der Waals surface area contributed by atoms with Crippen molar-refractivity contribution in [2.75, 3.05) is 26.2 Å². The lowest BCUT2D eigenvalue weighted by atomic mass is 10.1. The van der Waals surface area contributed by atoms with Gasteiger partial charge in [-0.05, 0) is 49.9 Å². The number of hydrogen-bond acceptors (Lipinski definition) is 3. The number of ether oxygens (including phenoxy) is 1. The van der Waals surface area contributed by atoms with Crippen molar-refractivity contribution in [1.29, 1.82) is 0 Å². The van der Waals surface area contributed by atoms with Crippen molar-refractivity contribution in [2.24, 2.45) is 0 Å². The van der Waals surface area contributed by atoms with E-state index in [0.717, 1.165) is 25.1 Å². The quantitative estimate of drug-likeness (QED) is 0.877. The molecule has 0 bridgehead atoms. The molecule has 0 aromatic heterocycles. The Morgan fingerprint density at radius 2 is 2.17 bits per heavy atom. The molecule has 2 fully saturated rings. The summed E-state index contributed by atoms with van der Waals surface area (Å²) < 4.78 is 5.89. The molecule has 4 nitrogen and oxygen atoms in total. The Kier molecular flexibility index (Phi) is 5.68. The maximum absolute atomic E-state index is 12.3. The molecular formula is C19H28N2O2. The number of benzene rings is 1. The highest BCUT2D eigenvalue weighted by Gasteiger charge is 2.32. The Labute approximate surface area is 139 Å². The van der Waals surface area contributed by atoms with Gasteiger partial charge in [-0.25, -0.2) is 0 Å². The number of rotatable bonds is 6. The van der Waals surface area contributed by atoms with Crippen molar-refractivity contribution in [2.45, 2.75) is 51.2 Å². The fraction of sp³-hybridized carbons (Fsp3) is 0.632. The van der Waals surface area contributed by atoms with E-state index in [1.807, 2.05) is 12.1 Å². The van der Waals surface area contributed by atoms with Gasteiger partial charge in [0.05, 0.1) is 12.7 Å². The van der Waals surface area contributed by atoms with E-state index in [1.54, 1.807) is 0 Å². The van der Waals surface area contributed by atoms with Crippen molar-refractivity contribution < 1.29 is 9.53 Å². The van der Waals surface area contributed by atoms with Crippen molar-refractivity contribution >= 4 is 5.91 Å². The van der Waals surface area contributed by atoms with Gasteiger partial charge in [0.2, 0.25) is 0 Å². The van der Waals surface area contributed by atoms with Crippen LogP contribution in [0.25, 0.3) is 0 Å². The molecule has 0 radical (unpaired) electrons. The smallest absolute Gasteiger partial charge is 0.251 e. The van der Waals surface area contributed by atoms with E-state index in [9.17, 15) is 4.79 Å². The maximum atomic E-state index is 12.3. The van der Waals surface area contributed by atoms with Gasteiger partial charge in [-0.15, -0.1) is 0 Å². The molecule has 1 amide bonds. The first-order valence-corrected chi connectivity index (χ1v) is 8.99. The zero-order valence-corrected chi connectivity index (χ0v) is 14.1. The van der Waals surface area contributed by atoms with Crippen LogP contribution < -0.4 is 5.32 Å². The van der Waals surface area contributed by atoms with Crippen molar-refractivity contribution in [1.82, 2.24) is 10.2 Å². The lowest BCUT2D eigenvalue weighted by molar-refractivity contribution is -0.0461. The molecule has 2 aliphatic rings. The number of aryl methyl sites for hydroxylation is 1. The van der Waals surface area contributed by atoms with Gasteiger partial charge in [-0.1, -0.05) is 25.5 Å². The Morgan fingerprint density at radius 3 is 2.96 bits per heavy atom. The Morgan fingerprint density at radius 1 is 1.35 bits per heavy atom. The summed E-state index contributed by atoms with van der Waals surface area (Å²) in [4.78, 5) is 14.8. The standard InChI is InChI=1S/C19H28N2O2/c1-2-3-5-15-7-9-16(10-8-15)19(22)20-12-18-13-21-11-4-6-17(21)14-23-18/h7-10,17-18H,2-6,11-14H2,1H3,(H,20,22)/t17-,18+/m0/s1. The van der Waals surface area contributed by atoms with Gasteiger partial charge in [0, 0.05) is 24.7 Å². The Bertz CT molecular complexity index is 515. The van der Waals surface area contributed by atoms with E-state index < -0.39 is 0 Å². The molecule has 2 saturated heterocycles. The van der Waals surface area contributed by atoms with E-state index >= 15 is 0 Å². The van der Waals surface area contributed by atoms with E-state index in [1.165, 1.54) is 37.8 Å². The van der Waals surface area contributed by atoms with Crippen LogP contribution in [0.15, 0.2) is 24.3 Å². The normalized spacial score (nSPS) is 24.4. The summed E-state index contributed by atoms with van der Waals surface area (Å²) in [7, 11) is 0. The van der Waals surface area contributed by atoms with Gasteiger partial charge >= 0.3 is 0 Å². The molecule has 3 rings (SSSR count). The molecule has 0 saturated carbocycles. The molecule has 1 aromatic carbocycles. The van der Waals surface area contributed by atoms with Gasteiger partial charge in [0.15, 0.2) is 0 Å². The molecule has 126 valence electrons. The number of hydrogen-bond donors (Lipinski definition) is 1. The number of amides is 1. The lowest BCUT2D eigenvalue weighted by Crippen LogP contribution is -2.50. The van der Waals surface area contributed by atoms with Crippen LogP contribution >= 0.6 is 0 Å². The second-order valence-corrected chi connectivity index (χ2v) is 6.76. The van der Waals surface area contributed by atoms with Gasteiger partial charge in [0.1, 0.15) is 0 Å². The molecule has 23 heavy (non-hydrogen) atoms. The summed E-state index contributed by atoms with van der Waals surface area (Å²) in [5.41, 5.74) is 2.04. The Balaban J connectivity index is 1.45. The topological polar surface area (TPSA) is 41.6 Å². The zero-order chi connectivity index (χ0) is 16.1. The highest BCUT2D eigenvalue weighted by molar-refractivity contribution is 5.94. The molecule has 0 aliphatic carbocycles. The number of unbranched alkanes of at least 4 members (excludes halogenated alkanes) is 1. The van der Waals surface area contributed by atoms with Crippen molar-refractivity contribution in [3.63, 3.8) is 0 Å². The Hall–Kier alpha value is -1.39. The summed E-state index contributed by atoms with van der Waals surface area (Å²) in [6.45, 7) is 5.73. The molecule has 2 atom stereocenters. The molecule has 1 N–H and O–H groups in total. The average Bonchev–Trinajstić information content (AvgIpc) is 3.06. The van der Waals surface area contributed by atoms with Crippen LogP contribution in [0.4, 0.5) is 0 Å². The minimum Gasteiger partial charge on any atom is -0.373 e. The monoisotopic (exact) mass is 316 g/mol. The third-order valence-corrected chi connectivity index (χ3v) is 4.99. The average molecular weight is 316 g/mol. The highest BCUT2D eigenvalue weighted by Crippen LogP contribution is 2.22. The van der Waals surface area contributed by atoms with Crippen LogP contribution in [0.3, 0.4) is 0 Å². The third kappa shape index (κ3) is 4.33. The fourth-order valence-corrected chi connectivity index (χ4v) is 3.52. The van der Waals surface area contributed by atoms with Gasteiger partial charge in [-0.3, -0.25) is 9.69 Å². The zero-order valence-electron chi connectivity index (χ0n) is 14.1. The van der Waals surface area contributed by atoms with E-state index in [0.29, 0.717) is 12.6 Å². The largest absolute Gasteiger partial charge is 0.373 e. The first-order chi connectivity index (χ1) is 11.3. The van der Waals surface area contributed by atoms with Gasteiger partial charge < -0.3 is 10.1 Å². The fourth-order valence-electron chi connectivity index (χ4n) is 3.52. The molecule has 4 heteroatoms. The van der Waals surface area contributed by atoms with Crippen LogP contribution in [0, 0.1) is 0 Å². The van der Waals surface area contributed by atoms with Crippen LogP contribution in [-0.2, 0) is 11.2 Å². The predicted octanol–water partition coefficient (Wildman–Crippen LogP) is 2.62. The van der Waals surface area contributed by atoms with Crippen molar-refractivity contribution in [3.05, 3.63) is 35.4 Å². The van der Waals surface area contributed by atoms with Crippen LogP contribution in [0.2, 0.25) is 0 Å². The molecule has 0 unspecified atom stereocenters. The number of fused-ring (bicyclic) bond motifs is 1. The first-order valence-electron chi connectivity index (χ1n) is 8.99. The summed E-state index contributed by atoms with van der Waals surface area (Å²) in [6.07, 6.45) is 6.13. The van der Waals surface area contributed by atoms with Crippen LogP contribution in [-0.4, -0.2) is 49.2 Å².